The number of halogens is 1. The molecule has 3 rings (SSSR count). The van der Waals surface area contributed by atoms with E-state index in [0.29, 0.717) is 0 Å². The van der Waals surface area contributed by atoms with Crippen molar-refractivity contribution in [3.63, 3.8) is 0 Å². The van der Waals surface area contributed by atoms with Crippen molar-refractivity contribution in [3.8, 4) is 0 Å². The highest BCUT2D eigenvalue weighted by molar-refractivity contribution is 9.10. The zero-order chi connectivity index (χ0) is 13.9. The molecule has 108 valence electrons. The number of nitrogens with one attached hydrogen (secondary N) is 1. The Kier molecular flexibility index (Phi) is 4.41. The average Bonchev–Trinajstić information content (AvgIpc) is 3.01. The van der Waals surface area contributed by atoms with Gasteiger partial charge >= 0.3 is 0 Å². The summed E-state index contributed by atoms with van der Waals surface area (Å²) in [5.41, 5.74) is 0.798. The van der Waals surface area contributed by atoms with Gasteiger partial charge in [0.15, 0.2) is 0 Å². The first-order valence-electron chi connectivity index (χ1n) is 7.63. The van der Waals surface area contributed by atoms with E-state index in [-0.39, 0.29) is 5.91 Å². The van der Waals surface area contributed by atoms with Gasteiger partial charge in [-0.15, -0.1) is 0 Å². The van der Waals surface area contributed by atoms with Gasteiger partial charge in [-0.3, -0.25) is 4.79 Å². The van der Waals surface area contributed by atoms with Crippen molar-refractivity contribution in [2.24, 2.45) is 0 Å². The number of quaternary nitrogens is 1. The van der Waals surface area contributed by atoms with Crippen molar-refractivity contribution in [1.82, 2.24) is 4.90 Å². The van der Waals surface area contributed by atoms with E-state index in [1.165, 1.54) is 25.9 Å². The molecule has 1 aromatic carbocycles. The van der Waals surface area contributed by atoms with Gasteiger partial charge in [-0.05, 0) is 18.2 Å². The quantitative estimate of drug-likeness (QED) is 0.873. The predicted molar refractivity (Wildman–Crippen MR) is 83.0 cm³/mol. The number of likely N-dealkylation sites (tertiary alicyclic amines) is 2. The van der Waals surface area contributed by atoms with Crippen LogP contribution in [0.15, 0.2) is 28.7 Å². The molecule has 1 amide bonds. The first-order chi connectivity index (χ1) is 9.74. The molecule has 20 heavy (non-hydrogen) atoms. The van der Waals surface area contributed by atoms with Gasteiger partial charge < -0.3 is 9.80 Å². The highest BCUT2D eigenvalue weighted by atomic mass is 79.9. The van der Waals surface area contributed by atoms with E-state index in [2.05, 4.69) is 15.9 Å². The molecule has 2 aliphatic heterocycles. The monoisotopic (exact) mass is 337 g/mol. The third-order valence-corrected chi connectivity index (χ3v) is 5.17. The summed E-state index contributed by atoms with van der Waals surface area (Å²) in [6.45, 7) is 4.51. The second-order valence-corrected chi connectivity index (χ2v) is 6.86. The lowest BCUT2D eigenvalue weighted by molar-refractivity contribution is -0.914. The summed E-state index contributed by atoms with van der Waals surface area (Å²) in [7, 11) is 0. The summed E-state index contributed by atoms with van der Waals surface area (Å²) in [5, 5.41) is 0. The molecule has 2 fully saturated rings. The SMILES string of the molecule is O=C(c1cccc(Br)c1)N1CCC([NH+]2CCCC2)CC1. The molecular formula is C16H22BrN2O+. The van der Waals surface area contributed by atoms with E-state index in [1.54, 1.807) is 4.90 Å². The second kappa shape index (κ2) is 6.27. The normalized spacial score (nSPS) is 21.4. The number of hydrogen-bond acceptors (Lipinski definition) is 1. The molecular weight excluding hydrogens is 316 g/mol. The molecule has 1 aromatic rings. The van der Waals surface area contributed by atoms with Crippen LogP contribution in [0.1, 0.15) is 36.0 Å². The molecule has 1 N–H and O–H groups in total. The van der Waals surface area contributed by atoms with Crippen LogP contribution in [0.25, 0.3) is 0 Å². The second-order valence-electron chi connectivity index (χ2n) is 5.94. The van der Waals surface area contributed by atoms with E-state index in [0.717, 1.165) is 42.0 Å². The first-order valence-corrected chi connectivity index (χ1v) is 8.43. The van der Waals surface area contributed by atoms with Crippen molar-refractivity contribution in [3.05, 3.63) is 34.3 Å². The van der Waals surface area contributed by atoms with E-state index in [1.807, 2.05) is 29.2 Å². The van der Waals surface area contributed by atoms with Gasteiger partial charge in [-0.25, -0.2) is 0 Å². The number of carbonyl (C=O) groups excluding carboxylic acids is 1. The van der Waals surface area contributed by atoms with E-state index in [9.17, 15) is 4.79 Å². The molecule has 2 saturated heterocycles. The summed E-state index contributed by atoms with van der Waals surface area (Å²) < 4.78 is 0.972. The Hall–Kier alpha value is -0.870. The van der Waals surface area contributed by atoms with E-state index in [4.69, 9.17) is 0 Å². The third kappa shape index (κ3) is 3.07. The number of benzene rings is 1. The van der Waals surface area contributed by atoms with Gasteiger partial charge in [0.1, 0.15) is 0 Å². The van der Waals surface area contributed by atoms with E-state index >= 15 is 0 Å². The molecule has 0 aromatic heterocycles. The van der Waals surface area contributed by atoms with Crippen LogP contribution in [-0.2, 0) is 0 Å². The van der Waals surface area contributed by atoms with Crippen LogP contribution in [-0.4, -0.2) is 43.0 Å². The fraction of sp³-hybridized carbons (Fsp3) is 0.562. The molecule has 3 nitrogen and oxygen atoms in total. The predicted octanol–water partition coefficient (Wildman–Crippen LogP) is 1.73. The molecule has 4 heteroatoms. The average molecular weight is 338 g/mol. The highest BCUT2D eigenvalue weighted by Crippen LogP contribution is 2.16. The standard InChI is InChI=1S/C16H21BrN2O/c17-14-5-3-4-13(12-14)16(20)19-10-6-15(7-11-19)18-8-1-2-9-18/h3-5,12,15H,1-2,6-11H2/p+1. The van der Waals surface area contributed by atoms with Crippen LogP contribution >= 0.6 is 15.9 Å². The molecule has 0 radical (unpaired) electrons. The molecule has 0 aliphatic carbocycles. The first kappa shape index (κ1) is 14.1. The number of nitrogens with zero attached hydrogens (tertiary/aromatic N) is 1. The summed E-state index contributed by atoms with van der Waals surface area (Å²) in [6.07, 6.45) is 5.09. The Labute approximate surface area is 129 Å². The number of carbonyl (C=O) groups is 1. The fourth-order valence-electron chi connectivity index (χ4n) is 3.53. The lowest BCUT2D eigenvalue weighted by atomic mass is 10.0. The van der Waals surface area contributed by atoms with Crippen molar-refractivity contribution < 1.29 is 9.69 Å². The van der Waals surface area contributed by atoms with Crippen molar-refractivity contribution in [2.75, 3.05) is 26.2 Å². The van der Waals surface area contributed by atoms with Crippen LogP contribution in [0.2, 0.25) is 0 Å². The zero-order valence-electron chi connectivity index (χ0n) is 11.8. The molecule has 2 aliphatic rings. The minimum atomic E-state index is 0.182. The molecule has 2 heterocycles. The van der Waals surface area contributed by atoms with Gasteiger partial charge in [0.25, 0.3) is 5.91 Å². The van der Waals surface area contributed by atoms with Gasteiger partial charge in [0.05, 0.1) is 19.1 Å². The number of rotatable bonds is 2. The summed E-state index contributed by atoms with van der Waals surface area (Å²) in [5.74, 6) is 0.182. The van der Waals surface area contributed by atoms with Crippen LogP contribution in [0.5, 0.6) is 0 Å². The topological polar surface area (TPSA) is 24.8 Å². The summed E-state index contributed by atoms with van der Waals surface area (Å²) in [6, 6.07) is 8.49. The van der Waals surface area contributed by atoms with E-state index < -0.39 is 0 Å². The number of hydrogen-bond donors (Lipinski definition) is 1. The molecule has 0 bridgehead atoms. The molecule has 0 atom stereocenters. The zero-order valence-corrected chi connectivity index (χ0v) is 13.4. The van der Waals surface area contributed by atoms with Crippen LogP contribution in [0.3, 0.4) is 0 Å². The Bertz CT molecular complexity index is 477. The smallest absolute Gasteiger partial charge is 0.253 e. The number of piperidine rings is 1. The Morgan fingerprint density at radius 2 is 1.90 bits per heavy atom. The van der Waals surface area contributed by atoms with Gasteiger partial charge in [-0.1, -0.05) is 22.0 Å². The lowest BCUT2D eigenvalue weighted by Crippen LogP contribution is -3.14. The molecule has 0 unspecified atom stereocenters. The maximum Gasteiger partial charge on any atom is 0.253 e. The van der Waals surface area contributed by atoms with Crippen molar-refractivity contribution >= 4 is 21.8 Å². The largest absolute Gasteiger partial charge is 0.338 e. The highest BCUT2D eigenvalue weighted by Gasteiger charge is 2.31. The van der Waals surface area contributed by atoms with Gasteiger partial charge in [0, 0.05) is 48.8 Å². The van der Waals surface area contributed by atoms with Crippen LogP contribution < -0.4 is 4.90 Å². The Morgan fingerprint density at radius 3 is 2.55 bits per heavy atom. The lowest BCUT2D eigenvalue weighted by Gasteiger charge is -2.34. The Morgan fingerprint density at radius 1 is 1.20 bits per heavy atom. The van der Waals surface area contributed by atoms with Crippen molar-refractivity contribution in [2.45, 2.75) is 31.7 Å². The number of amides is 1. The Balaban J connectivity index is 1.58. The maximum absolute atomic E-state index is 12.5. The summed E-state index contributed by atoms with van der Waals surface area (Å²) >= 11 is 3.43. The molecule has 0 spiro atoms. The van der Waals surface area contributed by atoms with Crippen molar-refractivity contribution in [1.29, 1.82) is 0 Å². The van der Waals surface area contributed by atoms with Crippen LogP contribution in [0, 0.1) is 0 Å². The van der Waals surface area contributed by atoms with Gasteiger partial charge in [0.2, 0.25) is 0 Å². The fourth-order valence-corrected chi connectivity index (χ4v) is 3.93. The minimum Gasteiger partial charge on any atom is -0.338 e. The third-order valence-electron chi connectivity index (χ3n) is 4.68. The van der Waals surface area contributed by atoms with Gasteiger partial charge in [-0.2, -0.15) is 0 Å². The summed E-state index contributed by atoms with van der Waals surface area (Å²) in [4.78, 5) is 16.3. The minimum absolute atomic E-state index is 0.182. The van der Waals surface area contributed by atoms with Crippen LogP contribution in [0.4, 0.5) is 0 Å². The molecule has 0 saturated carbocycles. The maximum atomic E-state index is 12.5.